The van der Waals surface area contributed by atoms with Crippen LogP contribution >= 0.6 is 0 Å². The maximum absolute atomic E-state index is 13.7. The Balaban J connectivity index is 2.68. The largest absolute Gasteiger partial charge is 0.399 e. The van der Waals surface area contributed by atoms with Crippen LogP contribution < -0.4 is 5.73 Å². The molecule has 0 atom stereocenters. The van der Waals surface area contributed by atoms with Crippen LogP contribution in [0.15, 0.2) is 30.3 Å². The van der Waals surface area contributed by atoms with Gasteiger partial charge in [-0.15, -0.1) is 0 Å². The van der Waals surface area contributed by atoms with Gasteiger partial charge in [-0.3, -0.25) is 0 Å². The van der Waals surface area contributed by atoms with Crippen LogP contribution in [0.3, 0.4) is 0 Å². The Labute approximate surface area is 98.9 Å². The molecule has 0 unspecified atom stereocenters. The van der Waals surface area contributed by atoms with Gasteiger partial charge in [0, 0.05) is 5.69 Å². The molecule has 0 radical (unpaired) electrons. The van der Waals surface area contributed by atoms with Crippen molar-refractivity contribution in [3.63, 3.8) is 0 Å². The molecule has 2 N–H and O–H groups in total. The van der Waals surface area contributed by atoms with Crippen LogP contribution in [0.5, 0.6) is 0 Å². The third-order valence-corrected chi connectivity index (χ3v) is 2.57. The van der Waals surface area contributed by atoms with Gasteiger partial charge in [-0.1, -0.05) is 29.3 Å². The first kappa shape index (κ1) is 11.6. The molecule has 0 saturated carbocycles. The summed E-state index contributed by atoms with van der Waals surface area (Å²) in [6.07, 6.45) is 0. The number of nitrogen functional groups attached to an aromatic ring is 1. The van der Waals surface area contributed by atoms with Crippen molar-refractivity contribution in [3.05, 3.63) is 53.1 Å². The lowest BCUT2D eigenvalue weighted by molar-refractivity contribution is 0.591. The van der Waals surface area contributed by atoms with Crippen LogP contribution in [0.25, 0.3) is 11.1 Å². The summed E-state index contributed by atoms with van der Waals surface area (Å²) in [5.74, 6) is -1.26. The maximum Gasteiger partial charge on any atom is 0.136 e. The summed E-state index contributed by atoms with van der Waals surface area (Å²) in [5.41, 5.74) is 7.93. The van der Waals surface area contributed by atoms with E-state index < -0.39 is 11.6 Å². The van der Waals surface area contributed by atoms with E-state index in [1.165, 1.54) is 0 Å². The van der Waals surface area contributed by atoms with Crippen LogP contribution in [0, 0.1) is 25.5 Å². The zero-order valence-electron chi connectivity index (χ0n) is 9.72. The van der Waals surface area contributed by atoms with Gasteiger partial charge >= 0.3 is 0 Å². The molecule has 0 aromatic heterocycles. The van der Waals surface area contributed by atoms with Crippen LogP contribution in [0.4, 0.5) is 14.5 Å². The molecule has 17 heavy (non-hydrogen) atoms. The van der Waals surface area contributed by atoms with E-state index in [1.54, 1.807) is 12.1 Å². The summed E-state index contributed by atoms with van der Waals surface area (Å²) in [6.45, 7) is 3.78. The van der Waals surface area contributed by atoms with Crippen molar-refractivity contribution in [1.82, 2.24) is 0 Å². The molecule has 0 aliphatic rings. The van der Waals surface area contributed by atoms with Crippen molar-refractivity contribution >= 4 is 5.69 Å². The highest BCUT2D eigenvalue weighted by molar-refractivity contribution is 5.68. The number of anilines is 1. The van der Waals surface area contributed by atoms with Crippen LogP contribution in [0.2, 0.25) is 0 Å². The highest BCUT2D eigenvalue weighted by Crippen LogP contribution is 2.29. The maximum atomic E-state index is 13.7. The van der Waals surface area contributed by atoms with Crippen LogP contribution in [-0.4, -0.2) is 0 Å². The van der Waals surface area contributed by atoms with Crippen LogP contribution in [0.1, 0.15) is 11.1 Å². The molecule has 2 aromatic carbocycles. The van der Waals surface area contributed by atoms with Gasteiger partial charge in [-0.2, -0.15) is 0 Å². The topological polar surface area (TPSA) is 26.0 Å². The molecule has 1 nitrogen and oxygen atoms in total. The fraction of sp³-hybridized carbons (Fsp3) is 0.143. The molecule has 2 rings (SSSR count). The smallest absolute Gasteiger partial charge is 0.136 e. The number of nitrogens with two attached hydrogens (primary N) is 1. The predicted molar refractivity (Wildman–Crippen MR) is 65.7 cm³/mol. The Kier molecular flexibility index (Phi) is 2.84. The Hall–Kier alpha value is -1.90. The second-order valence-corrected chi connectivity index (χ2v) is 4.24. The van der Waals surface area contributed by atoms with Crippen LogP contribution in [-0.2, 0) is 0 Å². The summed E-state index contributed by atoms with van der Waals surface area (Å²) >= 11 is 0. The molecule has 0 fully saturated rings. The van der Waals surface area contributed by atoms with Gasteiger partial charge in [0.05, 0.1) is 5.56 Å². The molecule has 0 spiro atoms. The molecule has 2 aromatic rings. The lowest BCUT2D eigenvalue weighted by atomic mass is 9.99. The SMILES string of the molecule is Cc1cc(C)cc(-c2c(F)cc(N)cc2F)c1. The average molecular weight is 233 g/mol. The van der Waals surface area contributed by atoms with E-state index in [0.717, 1.165) is 23.3 Å². The van der Waals surface area contributed by atoms with E-state index in [1.807, 2.05) is 19.9 Å². The quantitative estimate of drug-likeness (QED) is 0.744. The Morgan fingerprint density at radius 3 is 1.76 bits per heavy atom. The number of aryl methyl sites for hydroxylation is 2. The second-order valence-electron chi connectivity index (χ2n) is 4.24. The minimum Gasteiger partial charge on any atom is -0.399 e. The molecular weight excluding hydrogens is 220 g/mol. The van der Waals surface area contributed by atoms with Crippen molar-refractivity contribution < 1.29 is 8.78 Å². The number of rotatable bonds is 1. The lowest BCUT2D eigenvalue weighted by Gasteiger charge is -2.08. The first-order chi connectivity index (χ1) is 7.97. The van der Waals surface area contributed by atoms with Gasteiger partial charge in [0.1, 0.15) is 11.6 Å². The van der Waals surface area contributed by atoms with Gasteiger partial charge in [0.2, 0.25) is 0 Å². The lowest BCUT2D eigenvalue weighted by Crippen LogP contribution is -1.95. The summed E-state index contributed by atoms with van der Waals surface area (Å²) in [6, 6.07) is 7.73. The molecule has 0 aliphatic heterocycles. The normalized spacial score (nSPS) is 10.6. The molecule has 0 bridgehead atoms. The zero-order chi connectivity index (χ0) is 12.6. The van der Waals surface area contributed by atoms with Gasteiger partial charge < -0.3 is 5.73 Å². The molecule has 0 saturated heterocycles. The number of hydrogen-bond donors (Lipinski definition) is 1. The second kappa shape index (κ2) is 4.17. The van der Waals surface area contributed by atoms with E-state index in [4.69, 9.17) is 5.73 Å². The summed E-state index contributed by atoms with van der Waals surface area (Å²) < 4.78 is 27.5. The van der Waals surface area contributed by atoms with Crippen molar-refractivity contribution in [3.8, 4) is 11.1 Å². The highest BCUT2D eigenvalue weighted by atomic mass is 19.1. The summed E-state index contributed by atoms with van der Waals surface area (Å²) in [7, 11) is 0. The Morgan fingerprint density at radius 2 is 1.29 bits per heavy atom. The number of benzene rings is 2. The average Bonchev–Trinajstić information content (AvgIpc) is 2.13. The summed E-state index contributed by atoms with van der Waals surface area (Å²) in [4.78, 5) is 0. The summed E-state index contributed by atoms with van der Waals surface area (Å²) in [5, 5.41) is 0. The molecular formula is C14H13F2N. The zero-order valence-corrected chi connectivity index (χ0v) is 9.72. The monoisotopic (exact) mass is 233 g/mol. The highest BCUT2D eigenvalue weighted by Gasteiger charge is 2.13. The van der Waals surface area contributed by atoms with Crippen molar-refractivity contribution in [2.24, 2.45) is 0 Å². The van der Waals surface area contributed by atoms with E-state index >= 15 is 0 Å². The fourth-order valence-electron chi connectivity index (χ4n) is 1.99. The minimum absolute atomic E-state index is 0.0222. The number of halogens is 2. The van der Waals surface area contributed by atoms with Gasteiger partial charge in [-0.05, 0) is 31.5 Å². The first-order valence-electron chi connectivity index (χ1n) is 5.30. The standard InChI is InChI=1S/C14H13F2N/c1-8-3-9(2)5-10(4-8)14-12(15)6-11(17)7-13(14)16/h3-7H,17H2,1-2H3. The van der Waals surface area contributed by atoms with Crippen molar-refractivity contribution in [2.75, 3.05) is 5.73 Å². The predicted octanol–water partition coefficient (Wildman–Crippen LogP) is 3.83. The van der Waals surface area contributed by atoms with E-state index in [2.05, 4.69) is 0 Å². The van der Waals surface area contributed by atoms with Crippen molar-refractivity contribution in [1.29, 1.82) is 0 Å². The first-order valence-corrected chi connectivity index (χ1v) is 5.30. The van der Waals surface area contributed by atoms with E-state index in [0.29, 0.717) is 5.56 Å². The molecule has 3 heteroatoms. The van der Waals surface area contributed by atoms with E-state index in [9.17, 15) is 8.78 Å². The molecule has 88 valence electrons. The minimum atomic E-state index is -0.632. The van der Waals surface area contributed by atoms with E-state index in [-0.39, 0.29) is 11.3 Å². The Bertz CT molecular complexity index is 533. The van der Waals surface area contributed by atoms with Crippen molar-refractivity contribution in [2.45, 2.75) is 13.8 Å². The molecule has 0 amide bonds. The third-order valence-electron chi connectivity index (χ3n) is 2.57. The molecule has 0 heterocycles. The van der Waals surface area contributed by atoms with Gasteiger partial charge in [-0.25, -0.2) is 8.78 Å². The molecule has 0 aliphatic carbocycles. The van der Waals surface area contributed by atoms with Gasteiger partial charge in [0.15, 0.2) is 0 Å². The van der Waals surface area contributed by atoms with Gasteiger partial charge in [0.25, 0.3) is 0 Å². The Morgan fingerprint density at radius 1 is 0.824 bits per heavy atom. The number of hydrogen-bond acceptors (Lipinski definition) is 1. The fourth-order valence-corrected chi connectivity index (χ4v) is 1.99. The third kappa shape index (κ3) is 2.28.